The van der Waals surface area contributed by atoms with Crippen molar-refractivity contribution >= 4 is 29.1 Å². The molecule has 3 N–H and O–H groups in total. The standard InChI is InChI=1S/C26H35N3O3/c1-16(2)22(29-24(31)18-8-10-19(11-9-18)26(5,6)7)25(32)28-21-14-12-20(13-15-21)27-23(30)17(3)4/h8-17,22H,1-7H3,(H,27,30)(H,28,32)(H,29,31)/t22-/m0/s1. The van der Waals surface area contributed by atoms with Crippen LogP contribution in [0.25, 0.3) is 0 Å². The Kier molecular flexibility index (Phi) is 8.19. The second kappa shape index (κ2) is 10.4. The minimum absolute atomic E-state index is 0.00248. The molecule has 0 radical (unpaired) electrons. The zero-order valence-electron chi connectivity index (χ0n) is 20.1. The highest BCUT2D eigenvalue weighted by Gasteiger charge is 2.25. The molecule has 2 rings (SSSR count). The predicted octanol–water partition coefficient (Wildman–Crippen LogP) is 4.97. The van der Waals surface area contributed by atoms with Crippen LogP contribution in [0, 0.1) is 11.8 Å². The van der Waals surface area contributed by atoms with Gasteiger partial charge >= 0.3 is 0 Å². The number of carbonyl (C=O) groups is 3. The maximum Gasteiger partial charge on any atom is 0.251 e. The summed E-state index contributed by atoms with van der Waals surface area (Å²) in [6.07, 6.45) is 0. The summed E-state index contributed by atoms with van der Waals surface area (Å²) in [6.45, 7) is 13.8. The first-order valence-corrected chi connectivity index (χ1v) is 11.0. The van der Waals surface area contributed by atoms with Gasteiger partial charge in [0.1, 0.15) is 6.04 Å². The first-order valence-electron chi connectivity index (χ1n) is 11.0. The molecule has 2 aromatic carbocycles. The molecule has 2 aromatic rings. The molecule has 0 aliphatic heterocycles. The molecule has 0 spiro atoms. The molecule has 3 amide bonds. The number of carbonyl (C=O) groups excluding carboxylic acids is 3. The first kappa shape index (κ1) is 25.1. The number of benzene rings is 2. The number of anilines is 2. The molecule has 0 bridgehead atoms. The zero-order chi connectivity index (χ0) is 24.1. The van der Waals surface area contributed by atoms with Crippen molar-refractivity contribution < 1.29 is 14.4 Å². The normalized spacial score (nSPS) is 12.4. The van der Waals surface area contributed by atoms with Gasteiger partial charge in [-0.3, -0.25) is 14.4 Å². The summed E-state index contributed by atoms with van der Waals surface area (Å²) in [4.78, 5) is 37.4. The average molecular weight is 438 g/mol. The van der Waals surface area contributed by atoms with Crippen LogP contribution in [-0.2, 0) is 15.0 Å². The third kappa shape index (κ3) is 6.94. The lowest BCUT2D eigenvalue weighted by atomic mass is 9.86. The molecule has 0 saturated carbocycles. The van der Waals surface area contributed by atoms with Crippen molar-refractivity contribution in [1.82, 2.24) is 5.32 Å². The van der Waals surface area contributed by atoms with Crippen molar-refractivity contribution in [2.75, 3.05) is 10.6 Å². The van der Waals surface area contributed by atoms with E-state index in [0.29, 0.717) is 16.9 Å². The quantitative estimate of drug-likeness (QED) is 0.571. The lowest BCUT2D eigenvalue weighted by molar-refractivity contribution is -0.119. The molecular formula is C26H35N3O3. The van der Waals surface area contributed by atoms with E-state index in [-0.39, 0.29) is 35.0 Å². The SMILES string of the molecule is CC(C)C(=O)Nc1ccc(NC(=O)[C@@H](NC(=O)c2ccc(C(C)(C)C)cc2)C(C)C)cc1. The fourth-order valence-corrected chi connectivity index (χ4v) is 3.02. The maximum atomic E-state index is 12.9. The number of rotatable bonds is 7. The van der Waals surface area contributed by atoms with Crippen molar-refractivity contribution in [2.24, 2.45) is 11.8 Å². The van der Waals surface area contributed by atoms with Crippen LogP contribution in [0.4, 0.5) is 11.4 Å². The molecule has 0 fully saturated rings. The Morgan fingerprint density at radius 2 is 1.19 bits per heavy atom. The predicted molar refractivity (Wildman–Crippen MR) is 130 cm³/mol. The second-order valence-corrected chi connectivity index (χ2v) is 9.73. The summed E-state index contributed by atoms with van der Waals surface area (Å²) in [7, 11) is 0. The van der Waals surface area contributed by atoms with Gasteiger partial charge in [0.15, 0.2) is 0 Å². The van der Waals surface area contributed by atoms with E-state index in [2.05, 4.69) is 36.7 Å². The number of nitrogens with one attached hydrogen (secondary N) is 3. The summed E-state index contributed by atoms with van der Waals surface area (Å²) < 4.78 is 0. The topological polar surface area (TPSA) is 87.3 Å². The molecule has 0 unspecified atom stereocenters. The summed E-state index contributed by atoms with van der Waals surface area (Å²) >= 11 is 0. The van der Waals surface area contributed by atoms with Crippen LogP contribution in [-0.4, -0.2) is 23.8 Å². The van der Waals surface area contributed by atoms with Crippen LogP contribution in [0.3, 0.4) is 0 Å². The van der Waals surface area contributed by atoms with E-state index in [4.69, 9.17) is 0 Å². The highest BCUT2D eigenvalue weighted by Crippen LogP contribution is 2.22. The molecule has 32 heavy (non-hydrogen) atoms. The van der Waals surface area contributed by atoms with Gasteiger partial charge in [0.05, 0.1) is 0 Å². The Labute approximate surface area is 191 Å². The molecule has 0 saturated heterocycles. The van der Waals surface area contributed by atoms with Gasteiger partial charge in [-0.25, -0.2) is 0 Å². The van der Waals surface area contributed by atoms with E-state index in [1.807, 2.05) is 39.8 Å². The number of amides is 3. The molecule has 0 aliphatic rings. The van der Waals surface area contributed by atoms with Gasteiger partial charge in [0, 0.05) is 22.9 Å². The largest absolute Gasteiger partial charge is 0.340 e. The molecule has 0 aliphatic carbocycles. The highest BCUT2D eigenvalue weighted by molar-refractivity contribution is 6.01. The van der Waals surface area contributed by atoms with E-state index in [1.165, 1.54) is 0 Å². The minimum Gasteiger partial charge on any atom is -0.340 e. The van der Waals surface area contributed by atoms with Gasteiger partial charge in [-0.2, -0.15) is 0 Å². The van der Waals surface area contributed by atoms with Crippen LogP contribution in [0.1, 0.15) is 64.4 Å². The third-order valence-corrected chi connectivity index (χ3v) is 5.19. The van der Waals surface area contributed by atoms with E-state index < -0.39 is 6.04 Å². The third-order valence-electron chi connectivity index (χ3n) is 5.19. The summed E-state index contributed by atoms with van der Waals surface area (Å²) in [5.41, 5.74) is 2.91. The van der Waals surface area contributed by atoms with Crippen LogP contribution >= 0.6 is 0 Å². The van der Waals surface area contributed by atoms with Gasteiger partial charge in [-0.05, 0) is 53.3 Å². The van der Waals surface area contributed by atoms with Crippen LogP contribution in [0.5, 0.6) is 0 Å². The maximum absolute atomic E-state index is 12.9. The Morgan fingerprint density at radius 3 is 1.59 bits per heavy atom. The number of hydrogen-bond donors (Lipinski definition) is 3. The van der Waals surface area contributed by atoms with Crippen molar-refractivity contribution in [3.05, 3.63) is 59.7 Å². The minimum atomic E-state index is -0.690. The monoisotopic (exact) mass is 437 g/mol. The van der Waals surface area contributed by atoms with E-state index in [0.717, 1.165) is 5.56 Å². The summed E-state index contributed by atoms with van der Waals surface area (Å²) in [5.74, 6) is -0.864. The van der Waals surface area contributed by atoms with E-state index in [9.17, 15) is 14.4 Å². The fourth-order valence-electron chi connectivity index (χ4n) is 3.02. The van der Waals surface area contributed by atoms with Crippen LogP contribution < -0.4 is 16.0 Å². The molecule has 0 aromatic heterocycles. The lowest BCUT2D eigenvalue weighted by Crippen LogP contribution is -2.47. The van der Waals surface area contributed by atoms with Gasteiger partial charge < -0.3 is 16.0 Å². The van der Waals surface area contributed by atoms with E-state index >= 15 is 0 Å². The van der Waals surface area contributed by atoms with Gasteiger partial charge in [0.25, 0.3) is 5.91 Å². The zero-order valence-corrected chi connectivity index (χ0v) is 20.1. The van der Waals surface area contributed by atoms with Gasteiger partial charge in [-0.1, -0.05) is 60.6 Å². The summed E-state index contributed by atoms with van der Waals surface area (Å²) in [6, 6.07) is 13.7. The van der Waals surface area contributed by atoms with Crippen molar-refractivity contribution in [2.45, 2.75) is 59.9 Å². The van der Waals surface area contributed by atoms with Crippen molar-refractivity contribution in [3.63, 3.8) is 0 Å². The number of hydrogen-bond acceptors (Lipinski definition) is 3. The Morgan fingerprint density at radius 1 is 0.719 bits per heavy atom. The molecule has 0 heterocycles. The van der Waals surface area contributed by atoms with E-state index in [1.54, 1.807) is 36.4 Å². The smallest absolute Gasteiger partial charge is 0.251 e. The Balaban J connectivity index is 2.04. The van der Waals surface area contributed by atoms with Crippen LogP contribution in [0.15, 0.2) is 48.5 Å². The Hall–Kier alpha value is -3.15. The average Bonchev–Trinajstić information content (AvgIpc) is 2.72. The highest BCUT2D eigenvalue weighted by atomic mass is 16.2. The second-order valence-electron chi connectivity index (χ2n) is 9.73. The fraction of sp³-hybridized carbons (Fsp3) is 0.423. The molecule has 1 atom stereocenters. The lowest BCUT2D eigenvalue weighted by Gasteiger charge is -2.22. The van der Waals surface area contributed by atoms with Crippen LogP contribution in [0.2, 0.25) is 0 Å². The summed E-state index contributed by atoms with van der Waals surface area (Å²) in [5, 5.41) is 8.51. The van der Waals surface area contributed by atoms with Gasteiger partial charge in [0.2, 0.25) is 11.8 Å². The Bertz CT molecular complexity index is 940. The first-order chi connectivity index (χ1) is 14.9. The van der Waals surface area contributed by atoms with Crippen molar-refractivity contribution in [3.8, 4) is 0 Å². The molecule has 172 valence electrons. The van der Waals surface area contributed by atoms with Crippen molar-refractivity contribution in [1.29, 1.82) is 0 Å². The van der Waals surface area contributed by atoms with Gasteiger partial charge in [-0.15, -0.1) is 0 Å². The molecule has 6 nitrogen and oxygen atoms in total. The molecular weight excluding hydrogens is 402 g/mol. The molecule has 6 heteroatoms.